The summed E-state index contributed by atoms with van der Waals surface area (Å²) in [6.07, 6.45) is 3.45. The van der Waals surface area contributed by atoms with E-state index in [1.165, 1.54) is 0 Å². The van der Waals surface area contributed by atoms with Gasteiger partial charge >= 0.3 is 0 Å². The van der Waals surface area contributed by atoms with Crippen molar-refractivity contribution < 1.29 is 4.79 Å². The number of nitrogens with zero attached hydrogens (tertiary/aromatic N) is 4. The van der Waals surface area contributed by atoms with E-state index >= 15 is 0 Å². The Labute approximate surface area is 106 Å². The van der Waals surface area contributed by atoms with Crippen LogP contribution in [-0.2, 0) is 4.79 Å². The van der Waals surface area contributed by atoms with Crippen molar-refractivity contribution in [3.05, 3.63) is 24.2 Å². The van der Waals surface area contributed by atoms with Crippen LogP contribution in [0.4, 0.5) is 5.82 Å². The second kappa shape index (κ2) is 4.64. The van der Waals surface area contributed by atoms with Crippen LogP contribution in [0.25, 0.3) is 5.52 Å². The van der Waals surface area contributed by atoms with E-state index in [1.54, 1.807) is 35.9 Å². The van der Waals surface area contributed by atoms with Gasteiger partial charge in [-0.15, -0.1) is 0 Å². The third-order valence-corrected chi connectivity index (χ3v) is 2.68. The van der Waals surface area contributed by atoms with Crippen molar-refractivity contribution in [1.82, 2.24) is 19.5 Å². The van der Waals surface area contributed by atoms with E-state index in [1.807, 2.05) is 19.9 Å². The number of hydrogen-bond donors (Lipinski definition) is 1. The largest absolute Gasteiger partial charge is 0.357 e. The maximum absolute atomic E-state index is 11.8. The number of carbonyl (C=O) groups excluding carboxylic acids is 1. The summed E-state index contributed by atoms with van der Waals surface area (Å²) in [5.41, 5.74) is 1.78. The lowest BCUT2D eigenvalue weighted by Crippen LogP contribution is -2.36. The second-order valence-electron chi connectivity index (χ2n) is 4.49. The third kappa shape index (κ3) is 2.27. The number of nitrogens with one attached hydrogen (secondary N) is 1. The number of fused-ring (bicyclic) bond motifs is 1. The lowest BCUT2D eigenvalue weighted by Gasteiger charge is -2.18. The van der Waals surface area contributed by atoms with Gasteiger partial charge in [0.15, 0.2) is 5.82 Å². The molecule has 0 saturated heterocycles. The van der Waals surface area contributed by atoms with Crippen LogP contribution in [0.5, 0.6) is 0 Å². The Hall–Kier alpha value is -2.11. The molecule has 18 heavy (non-hydrogen) atoms. The van der Waals surface area contributed by atoms with Gasteiger partial charge in [0.2, 0.25) is 5.91 Å². The summed E-state index contributed by atoms with van der Waals surface area (Å²) in [5, 5.41) is 7.42. The molecule has 0 saturated carbocycles. The fourth-order valence-corrected chi connectivity index (χ4v) is 1.81. The first-order chi connectivity index (χ1) is 8.49. The molecule has 0 aliphatic rings. The number of likely N-dealkylation sites (N-methyl/N-ethyl adjacent to an activating group) is 1. The molecule has 2 aromatic heterocycles. The Kier molecular flexibility index (Phi) is 3.18. The fraction of sp³-hybridized carbons (Fsp3) is 0.417. The lowest BCUT2D eigenvalue weighted by molar-refractivity contribution is -0.129. The molecule has 0 radical (unpaired) electrons. The Bertz CT molecular complexity index is 575. The highest BCUT2D eigenvalue weighted by molar-refractivity contribution is 5.85. The molecule has 2 heterocycles. The second-order valence-corrected chi connectivity index (χ2v) is 4.49. The van der Waals surface area contributed by atoms with Crippen LogP contribution >= 0.6 is 0 Å². The van der Waals surface area contributed by atoms with Crippen molar-refractivity contribution in [2.45, 2.75) is 19.9 Å². The standard InChI is InChI=1S/C12H17N5O/c1-8-7-10-11(13-5-6-17(10)15-8)14-9(2)12(18)16(3)4/h5-7,9H,1-4H3,(H,13,14)/t9-/m0/s1. The molecule has 6 nitrogen and oxygen atoms in total. The van der Waals surface area contributed by atoms with E-state index in [2.05, 4.69) is 15.4 Å². The molecule has 0 aromatic carbocycles. The zero-order valence-corrected chi connectivity index (χ0v) is 11.0. The molecule has 1 atom stereocenters. The Morgan fingerprint density at radius 1 is 1.50 bits per heavy atom. The Morgan fingerprint density at radius 3 is 2.89 bits per heavy atom. The summed E-state index contributed by atoms with van der Waals surface area (Å²) >= 11 is 0. The zero-order chi connectivity index (χ0) is 13.3. The molecule has 0 aliphatic carbocycles. The summed E-state index contributed by atoms with van der Waals surface area (Å²) < 4.78 is 1.75. The van der Waals surface area contributed by atoms with Crippen LogP contribution in [0, 0.1) is 6.92 Å². The minimum absolute atomic E-state index is 0.00930. The highest BCUT2D eigenvalue weighted by atomic mass is 16.2. The van der Waals surface area contributed by atoms with Crippen molar-refractivity contribution in [3.8, 4) is 0 Å². The van der Waals surface area contributed by atoms with Crippen LogP contribution < -0.4 is 5.32 Å². The van der Waals surface area contributed by atoms with Crippen molar-refractivity contribution in [2.24, 2.45) is 0 Å². The van der Waals surface area contributed by atoms with E-state index in [4.69, 9.17) is 0 Å². The van der Waals surface area contributed by atoms with E-state index in [-0.39, 0.29) is 11.9 Å². The number of aryl methyl sites for hydroxylation is 1. The van der Waals surface area contributed by atoms with Crippen LogP contribution in [-0.4, -0.2) is 45.5 Å². The highest BCUT2D eigenvalue weighted by Crippen LogP contribution is 2.15. The van der Waals surface area contributed by atoms with Gasteiger partial charge in [0.25, 0.3) is 0 Å². The molecule has 0 aliphatic heterocycles. The first kappa shape index (κ1) is 12.3. The molecule has 0 unspecified atom stereocenters. The molecule has 6 heteroatoms. The Morgan fingerprint density at radius 2 is 2.22 bits per heavy atom. The minimum atomic E-state index is -0.325. The predicted molar refractivity (Wildman–Crippen MR) is 69.5 cm³/mol. The molecule has 0 fully saturated rings. The van der Waals surface area contributed by atoms with Gasteiger partial charge < -0.3 is 10.2 Å². The first-order valence-corrected chi connectivity index (χ1v) is 5.77. The number of aromatic nitrogens is 3. The quantitative estimate of drug-likeness (QED) is 0.876. The summed E-state index contributed by atoms with van der Waals surface area (Å²) in [6.45, 7) is 3.74. The van der Waals surface area contributed by atoms with Crippen molar-refractivity contribution >= 4 is 17.2 Å². The van der Waals surface area contributed by atoms with E-state index < -0.39 is 0 Å². The molecule has 0 spiro atoms. The molecule has 2 aromatic rings. The van der Waals surface area contributed by atoms with E-state index in [0.717, 1.165) is 11.2 Å². The number of carbonyl (C=O) groups is 1. The number of anilines is 1. The average Bonchev–Trinajstić information content (AvgIpc) is 2.69. The summed E-state index contributed by atoms with van der Waals surface area (Å²) in [5.74, 6) is 0.677. The molecular weight excluding hydrogens is 230 g/mol. The lowest BCUT2D eigenvalue weighted by atomic mass is 10.3. The molecule has 0 bridgehead atoms. The Balaban J connectivity index is 2.29. The fourth-order valence-electron chi connectivity index (χ4n) is 1.81. The summed E-state index contributed by atoms with van der Waals surface area (Å²) in [6, 6.07) is 1.61. The van der Waals surface area contributed by atoms with Gasteiger partial charge in [-0.05, 0) is 19.9 Å². The van der Waals surface area contributed by atoms with Crippen molar-refractivity contribution in [2.75, 3.05) is 19.4 Å². The normalized spacial score (nSPS) is 12.4. The smallest absolute Gasteiger partial charge is 0.244 e. The molecular formula is C12H17N5O. The molecule has 96 valence electrons. The van der Waals surface area contributed by atoms with Gasteiger partial charge in [-0.25, -0.2) is 9.50 Å². The monoisotopic (exact) mass is 247 g/mol. The molecule has 2 rings (SSSR count). The van der Waals surface area contributed by atoms with Crippen LogP contribution in [0.2, 0.25) is 0 Å². The predicted octanol–water partition coefficient (Wildman–Crippen LogP) is 0.926. The molecule has 1 N–H and O–H groups in total. The van der Waals surface area contributed by atoms with Crippen LogP contribution in [0.15, 0.2) is 18.5 Å². The third-order valence-electron chi connectivity index (χ3n) is 2.68. The van der Waals surface area contributed by atoms with Crippen molar-refractivity contribution in [1.29, 1.82) is 0 Å². The minimum Gasteiger partial charge on any atom is -0.357 e. The summed E-state index contributed by atoms with van der Waals surface area (Å²) in [4.78, 5) is 17.6. The maximum atomic E-state index is 11.8. The number of amides is 1. The van der Waals surface area contributed by atoms with Gasteiger partial charge in [-0.1, -0.05) is 0 Å². The van der Waals surface area contributed by atoms with Gasteiger partial charge in [0.1, 0.15) is 11.6 Å². The first-order valence-electron chi connectivity index (χ1n) is 5.77. The molecule has 1 amide bonds. The van der Waals surface area contributed by atoms with Gasteiger partial charge in [-0.2, -0.15) is 5.10 Å². The topological polar surface area (TPSA) is 62.5 Å². The van der Waals surface area contributed by atoms with E-state index in [0.29, 0.717) is 5.82 Å². The van der Waals surface area contributed by atoms with Crippen LogP contribution in [0.3, 0.4) is 0 Å². The van der Waals surface area contributed by atoms with Crippen molar-refractivity contribution in [3.63, 3.8) is 0 Å². The van der Waals surface area contributed by atoms with Gasteiger partial charge in [-0.3, -0.25) is 4.79 Å². The number of rotatable bonds is 3. The maximum Gasteiger partial charge on any atom is 0.244 e. The van der Waals surface area contributed by atoms with Gasteiger partial charge in [0, 0.05) is 26.5 Å². The average molecular weight is 247 g/mol. The van der Waals surface area contributed by atoms with Crippen LogP contribution in [0.1, 0.15) is 12.6 Å². The van der Waals surface area contributed by atoms with Gasteiger partial charge in [0.05, 0.1) is 5.69 Å². The highest BCUT2D eigenvalue weighted by Gasteiger charge is 2.16. The van der Waals surface area contributed by atoms with E-state index in [9.17, 15) is 4.79 Å². The SMILES string of the molecule is Cc1cc2c(N[C@@H](C)C(=O)N(C)C)nccn2n1. The summed E-state index contributed by atoms with van der Waals surface area (Å²) in [7, 11) is 3.47. The number of hydrogen-bond acceptors (Lipinski definition) is 4. The zero-order valence-electron chi connectivity index (χ0n) is 11.0.